The van der Waals surface area contributed by atoms with E-state index in [2.05, 4.69) is 0 Å². The highest BCUT2D eigenvalue weighted by atomic mass is 35.5. The minimum Gasteiger partial charge on any atom is -0.508 e. The van der Waals surface area contributed by atoms with Gasteiger partial charge in [0.05, 0.1) is 5.56 Å². The number of aromatic hydroxyl groups is 1. The van der Waals surface area contributed by atoms with Gasteiger partial charge >= 0.3 is 5.97 Å². The molecule has 1 rings (SSSR count). The van der Waals surface area contributed by atoms with Crippen molar-refractivity contribution in [1.82, 2.24) is 0 Å². The molecule has 1 atom stereocenters. The standard InChI is InChI=1S/C10H9ClO4/c1-5(12)9(11)8-6(10(14)15)3-2-4-7(8)13/h2-4,9,13H,1H3,(H,14,15). The van der Waals surface area contributed by atoms with Crippen molar-refractivity contribution in [2.75, 3.05) is 0 Å². The summed E-state index contributed by atoms with van der Waals surface area (Å²) in [6, 6.07) is 3.96. The summed E-state index contributed by atoms with van der Waals surface area (Å²) in [6.45, 7) is 1.23. The third-order valence-corrected chi connectivity index (χ3v) is 2.45. The van der Waals surface area contributed by atoms with Gasteiger partial charge in [0.2, 0.25) is 0 Å². The lowest BCUT2D eigenvalue weighted by Gasteiger charge is -2.11. The van der Waals surface area contributed by atoms with Gasteiger partial charge in [-0.15, -0.1) is 11.6 Å². The minimum atomic E-state index is -1.23. The van der Waals surface area contributed by atoms with Gasteiger partial charge in [0.1, 0.15) is 11.1 Å². The molecule has 0 amide bonds. The van der Waals surface area contributed by atoms with Gasteiger partial charge in [-0.25, -0.2) is 4.79 Å². The van der Waals surface area contributed by atoms with Gasteiger partial charge in [0.25, 0.3) is 0 Å². The number of carbonyl (C=O) groups is 2. The van der Waals surface area contributed by atoms with Crippen LogP contribution in [0.5, 0.6) is 5.75 Å². The highest BCUT2D eigenvalue weighted by molar-refractivity contribution is 6.31. The van der Waals surface area contributed by atoms with E-state index in [0.717, 1.165) is 0 Å². The molecule has 0 spiro atoms. The van der Waals surface area contributed by atoms with Crippen LogP contribution >= 0.6 is 11.6 Å². The second-order valence-corrected chi connectivity index (χ2v) is 3.45. The zero-order valence-corrected chi connectivity index (χ0v) is 8.65. The van der Waals surface area contributed by atoms with Crippen LogP contribution in [-0.4, -0.2) is 22.0 Å². The number of phenols is 1. The number of benzene rings is 1. The van der Waals surface area contributed by atoms with Gasteiger partial charge in [-0.1, -0.05) is 6.07 Å². The van der Waals surface area contributed by atoms with Crippen molar-refractivity contribution < 1.29 is 19.8 Å². The lowest BCUT2D eigenvalue weighted by atomic mass is 10.0. The first-order valence-corrected chi connectivity index (χ1v) is 4.58. The average molecular weight is 229 g/mol. The van der Waals surface area contributed by atoms with Crippen molar-refractivity contribution in [3.63, 3.8) is 0 Å². The van der Waals surface area contributed by atoms with E-state index in [4.69, 9.17) is 16.7 Å². The molecule has 1 unspecified atom stereocenters. The van der Waals surface area contributed by atoms with E-state index in [0.29, 0.717) is 0 Å². The normalized spacial score (nSPS) is 12.1. The van der Waals surface area contributed by atoms with Crippen LogP contribution < -0.4 is 0 Å². The van der Waals surface area contributed by atoms with Crippen molar-refractivity contribution >= 4 is 23.4 Å². The molecule has 5 heteroatoms. The molecule has 0 heterocycles. The van der Waals surface area contributed by atoms with Crippen LogP contribution in [-0.2, 0) is 4.79 Å². The smallest absolute Gasteiger partial charge is 0.336 e. The molecule has 0 aliphatic carbocycles. The minimum absolute atomic E-state index is 0.0563. The summed E-state index contributed by atoms with van der Waals surface area (Å²) in [7, 11) is 0. The maximum absolute atomic E-state index is 11.0. The molecule has 0 aromatic heterocycles. The number of rotatable bonds is 3. The molecule has 15 heavy (non-hydrogen) atoms. The summed E-state index contributed by atoms with van der Waals surface area (Å²) in [5, 5.41) is 17.2. The first kappa shape index (κ1) is 11.5. The highest BCUT2D eigenvalue weighted by Crippen LogP contribution is 2.32. The zero-order chi connectivity index (χ0) is 11.6. The Labute approximate surface area is 91.1 Å². The van der Waals surface area contributed by atoms with Crippen LogP contribution in [0.1, 0.15) is 28.2 Å². The third kappa shape index (κ3) is 2.27. The third-order valence-electron chi connectivity index (χ3n) is 1.92. The predicted molar refractivity (Wildman–Crippen MR) is 54.3 cm³/mol. The highest BCUT2D eigenvalue weighted by Gasteiger charge is 2.23. The van der Waals surface area contributed by atoms with E-state index in [-0.39, 0.29) is 16.9 Å². The average Bonchev–Trinajstić information content (AvgIpc) is 2.16. The fraction of sp³-hybridized carbons (Fsp3) is 0.200. The fourth-order valence-electron chi connectivity index (χ4n) is 1.21. The van der Waals surface area contributed by atoms with Crippen molar-refractivity contribution in [1.29, 1.82) is 0 Å². The molecule has 1 aromatic carbocycles. The van der Waals surface area contributed by atoms with Gasteiger partial charge in [-0.3, -0.25) is 4.79 Å². The summed E-state index contributed by atoms with van der Waals surface area (Å²) in [5.74, 6) is -1.93. The quantitative estimate of drug-likeness (QED) is 0.776. The monoisotopic (exact) mass is 228 g/mol. The number of ketones is 1. The van der Waals surface area contributed by atoms with Gasteiger partial charge in [0, 0.05) is 5.56 Å². The number of halogens is 1. The predicted octanol–water partition coefficient (Wildman–Crippen LogP) is 1.96. The van der Waals surface area contributed by atoms with Gasteiger partial charge < -0.3 is 10.2 Å². The maximum atomic E-state index is 11.0. The Hall–Kier alpha value is -1.55. The summed E-state index contributed by atoms with van der Waals surface area (Å²) < 4.78 is 0. The Balaban J connectivity index is 3.37. The number of aromatic carboxylic acids is 1. The first-order chi connectivity index (χ1) is 6.95. The van der Waals surface area contributed by atoms with Gasteiger partial charge in [-0.05, 0) is 19.1 Å². The SMILES string of the molecule is CC(=O)C(Cl)c1c(O)cccc1C(=O)O. The lowest BCUT2D eigenvalue weighted by Crippen LogP contribution is -2.09. The fourth-order valence-corrected chi connectivity index (χ4v) is 1.44. The van der Waals surface area contributed by atoms with Crippen molar-refractivity contribution in [3.05, 3.63) is 29.3 Å². The number of phenolic OH excluding ortho intramolecular Hbond substituents is 1. The maximum Gasteiger partial charge on any atom is 0.336 e. The number of hydrogen-bond acceptors (Lipinski definition) is 3. The number of carbonyl (C=O) groups excluding carboxylic acids is 1. The largest absolute Gasteiger partial charge is 0.508 e. The number of alkyl halides is 1. The van der Waals surface area contributed by atoms with Crippen molar-refractivity contribution in [3.8, 4) is 5.75 Å². The molecule has 0 aliphatic rings. The van der Waals surface area contributed by atoms with Crippen LogP contribution in [0.3, 0.4) is 0 Å². The molecule has 0 saturated heterocycles. The summed E-state index contributed by atoms with van der Waals surface area (Å²) in [6.07, 6.45) is 0. The second kappa shape index (κ2) is 4.31. The number of carboxylic acid groups (broad SMARTS) is 1. The molecule has 0 fully saturated rings. The van der Waals surface area contributed by atoms with Crippen LogP contribution in [0.25, 0.3) is 0 Å². The topological polar surface area (TPSA) is 74.6 Å². The molecule has 0 bridgehead atoms. The van der Waals surface area contributed by atoms with Crippen molar-refractivity contribution in [2.24, 2.45) is 0 Å². The molecule has 0 saturated carbocycles. The zero-order valence-electron chi connectivity index (χ0n) is 7.90. The van der Waals surface area contributed by atoms with Crippen LogP contribution in [0.4, 0.5) is 0 Å². The second-order valence-electron chi connectivity index (χ2n) is 3.02. The van der Waals surface area contributed by atoms with Crippen LogP contribution in [0.2, 0.25) is 0 Å². The van der Waals surface area contributed by atoms with E-state index in [1.165, 1.54) is 25.1 Å². The Morgan fingerprint density at radius 2 is 2.00 bits per heavy atom. The Morgan fingerprint density at radius 3 is 2.47 bits per heavy atom. The molecule has 1 aromatic rings. The molecular formula is C10H9ClO4. The Bertz CT molecular complexity index is 414. The first-order valence-electron chi connectivity index (χ1n) is 4.15. The molecule has 80 valence electrons. The van der Waals surface area contributed by atoms with Gasteiger partial charge in [-0.2, -0.15) is 0 Å². The van der Waals surface area contributed by atoms with E-state index in [1.807, 2.05) is 0 Å². The summed E-state index contributed by atoms with van der Waals surface area (Å²) >= 11 is 5.72. The van der Waals surface area contributed by atoms with E-state index < -0.39 is 17.1 Å². The summed E-state index contributed by atoms with van der Waals surface area (Å²) in [5.41, 5.74) is -0.218. The Morgan fingerprint density at radius 1 is 1.40 bits per heavy atom. The molecule has 0 aliphatic heterocycles. The molecule has 0 radical (unpaired) electrons. The lowest BCUT2D eigenvalue weighted by molar-refractivity contribution is -0.116. The Kier molecular flexibility index (Phi) is 3.31. The summed E-state index contributed by atoms with van der Waals surface area (Å²) in [4.78, 5) is 21.9. The van der Waals surface area contributed by atoms with Crippen LogP contribution in [0.15, 0.2) is 18.2 Å². The van der Waals surface area contributed by atoms with E-state index in [9.17, 15) is 14.7 Å². The van der Waals surface area contributed by atoms with E-state index >= 15 is 0 Å². The molecule has 4 nitrogen and oxygen atoms in total. The molecular weight excluding hydrogens is 220 g/mol. The molecule has 2 N–H and O–H groups in total. The number of hydrogen-bond donors (Lipinski definition) is 2. The van der Waals surface area contributed by atoms with Gasteiger partial charge in [0.15, 0.2) is 5.78 Å². The van der Waals surface area contributed by atoms with Crippen LogP contribution in [0, 0.1) is 0 Å². The van der Waals surface area contributed by atoms with E-state index in [1.54, 1.807) is 0 Å². The van der Waals surface area contributed by atoms with Crippen molar-refractivity contribution in [2.45, 2.75) is 12.3 Å². The number of carboxylic acids is 1. The number of Topliss-reactive ketones (excluding diaryl/α,β-unsaturated/α-hetero) is 1.